The van der Waals surface area contributed by atoms with Gasteiger partial charge in [-0.15, -0.1) is 0 Å². The van der Waals surface area contributed by atoms with Crippen molar-refractivity contribution >= 4 is 0 Å². The van der Waals surface area contributed by atoms with Gasteiger partial charge in [0.2, 0.25) is 0 Å². The molecule has 0 spiro atoms. The molecule has 1 atom stereocenters. The van der Waals surface area contributed by atoms with E-state index in [9.17, 15) is 0 Å². The monoisotopic (exact) mass is 377 g/mol. The Morgan fingerprint density at radius 1 is 0.556 bits per heavy atom. The van der Waals surface area contributed by atoms with Gasteiger partial charge in [-0.2, -0.15) is 0 Å². The summed E-state index contributed by atoms with van der Waals surface area (Å²) in [6, 6.07) is 0.803. The molecule has 0 N–H and O–H groups in total. The highest BCUT2D eigenvalue weighted by Gasteiger charge is 2.08. The van der Waals surface area contributed by atoms with Gasteiger partial charge in [0.25, 0.3) is 0 Å². The molecule has 1 heteroatoms. The molecule has 0 rings (SSSR count). The molecule has 1 nitrogen and oxygen atoms in total. The van der Waals surface area contributed by atoms with Gasteiger partial charge in [0.05, 0.1) is 0 Å². The Morgan fingerprint density at radius 2 is 1.07 bits per heavy atom. The first-order chi connectivity index (χ1) is 13.2. The molecule has 0 aromatic heterocycles. The van der Waals surface area contributed by atoms with Crippen LogP contribution in [0.15, 0.2) is 24.3 Å². The summed E-state index contributed by atoms with van der Waals surface area (Å²) in [6.45, 7) is 4.58. The van der Waals surface area contributed by atoms with E-state index in [4.69, 9.17) is 0 Å². The molecule has 0 radical (unpaired) electrons. The Balaban J connectivity index is 3.31. The topological polar surface area (TPSA) is 3.24 Å². The van der Waals surface area contributed by atoms with Crippen LogP contribution in [0.25, 0.3) is 0 Å². The highest BCUT2D eigenvalue weighted by atomic mass is 15.1. The molecule has 0 saturated carbocycles. The average Bonchev–Trinajstić information content (AvgIpc) is 2.66. The lowest BCUT2D eigenvalue weighted by atomic mass is 10.0. The average molecular weight is 378 g/mol. The van der Waals surface area contributed by atoms with E-state index in [1.807, 2.05) is 0 Å². The molecule has 0 saturated heterocycles. The number of hydrogen-bond acceptors (Lipinski definition) is 1. The van der Waals surface area contributed by atoms with Crippen molar-refractivity contribution in [1.82, 2.24) is 4.90 Å². The van der Waals surface area contributed by atoms with Crippen molar-refractivity contribution in [3.05, 3.63) is 24.3 Å². The van der Waals surface area contributed by atoms with Crippen molar-refractivity contribution < 1.29 is 0 Å². The zero-order valence-corrected chi connectivity index (χ0v) is 19.4. The number of rotatable bonds is 20. The van der Waals surface area contributed by atoms with Crippen molar-refractivity contribution in [2.45, 2.75) is 129 Å². The lowest BCUT2D eigenvalue weighted by Crippen LogP contribution is -2.27. The van der Waals surface area contributed by atoms with Crippen LogP contribution in [0.2, 0.25) is 0 Å². The van der Waals surface area contributed by atoms with Gasteiger partial charge >= 0.3 is 0 Å². The molecular formula is C26H51N. The number of hydrogen-bond donors (Lipinski definition) is 0. The number of unbranched alkanes of at least 4 members (excludes halogenated alkanes) is 11. The van der Waals surface area contributed by atoms with Gasteiger partial charge in [0.1, 0.15) is 0 Å². The second kappa shape index (κ2) is 21.7. The van der Waals surface area contributed by atoms with E-state index in [-0.39, 0.29) is 0 Å². The molecule has 1 unspecified atom stereocenters. The molecule has 27 heavy (non-hydrogen) atoms. The van der Waals surface area contributed by atoms with Crippen molar-refractivity contribution in [3.63, 3.8) is 0 Å². The SMILES string of the molecule is CCCCCCC=CCC=CCCCCCCCCCC(CCC)N(C)C. The van der Waals surface area contributed by atoms with Gasteiger partial charge in [-0.25, -0.2) is 0 Å². The third kappa shape index (κ3) is 20.0. The van der Waals surface area contributed by atoms with Crippen LogP contribution in [0.5, 0.6) is 0 Å². The predicted molar refractivity (Wildman–Crippen MR) is 126 cm³/mol. The lowest BCUT2D eigenvalue weighted by Gasteiger charge is -2.23. The third-order valence-corrected chi connectivity index (χ3v) is 5.59. The van der Waals surface area contributed by atoms with Crippen LogP contribution in [-0.4, -0.2) is 25.0 Å². The predicted octanol–water partition coefficient (Wildman–Crippen LogP) is 8.70. The van der Waals surface area contributed by atoms with Crippen LogP contribution in [0.1, 0.15) is 123 Å². The van der Waals surface area contributed by atoms with E-state index in [1.54, 1.807) is 0 Å². The molecule has 0 aliphatic heterocycles. The second-order valence-corrected chi connectivity index (χ2v) is 8.49. The zero-order valence-electron chi connectivity index (χ0n) is 19.4. The van der Waals surface area contributed by atoms with Gasteiger partial charge < -0.3 is 4.90 Å². The first kappa shape index (κ1) is 26.4. The van der Waals surface area contributed by atoms with Crippen LogP contribution >= 0.6 is 0 Å². The lowest BCUT2D eigenvalue weighted by molar-refractivity contribution is 0.256. The first-order valence-corrected chi connectivity index (χ1v) is 12.2. The first-order valence-electron chi connectivity index (χ1n) is 12.2. The minimum atomic E-state index is 0.803. The fraction of sp³-hybridized carbons (Fsp3) is 0.846. The Morgan fingerprint density at radius 3 is 1.59 bits per heavy atom. The van der Waals surface area contributed by atoms with E-state index in [0.29, 0.717) is 0 Å². The van der Waals surface area contributed by atoms with Crippen molar-refractivity contribution in [1.29, 1.82) is 0 Å². The zero-order chi connectivity index (χ0) is 20.0. The molecule has 0 bridgehead atoms. The van der Waals surface area contributed by atoms with Gasteiger partial charge in [-0.1, -0.05) is 102 Å². The summed E-state index contributed by atoms with van der Waals surface area (Å²) in [5, 5.41) is 0. The summed E-state index contributed by atoms with van der Waals surface area (Å²) in [6.07, 6.45) is 32.6. The molecule has 0 aromatic carbocycles. The van der Waals surface area contributed by atoms with E-state index in [2.05, 4.69) is 57.1 Å². The maximum atomic E-state index is 2.42. The quantitative estimate of drug-likeness (QED) is 0.151. The Labute approximate surface area is 172 Å². The highest BCUT2D eigenvalue weighted by Crippen LogP contribution is 2.15. The molecule has 0 aliphatic rings. The largest absolute Gasteiger partial charge is 0.306 e. The molecule has 0 heterocycles. The molecule has 0 amide bonds. The summed E-state index contributed by atoms with van der Waals surface area (Å²) < 4.78 is 0. The number of allylic oxidation sites excluding steroid dienone is 4. The van der Waals surface area contributed by atoms with Gasteiger partial charge in [0.15, 0.2) is 0 Å². The van der Waals surface area contributed by atoms with Crippen LogP contribution in [0.4, 0.5) is 0 Å². The van der Waals surface area contributed by atoms with E-state index in [0.717, 1.165) is 12.5 Å². The van der Waals surface area contributed by atoms with Crippen LogP contribution in [0.3, 0.4) is 0 Å². The normalized spacial score (nSPS) is 13.4. The minimum absolute atomic E-state index is 0.803. The minimum Gasteiger partial charge on any atom is -0.306 e. The van der Waals surface area contributed by atoms with Crippen molar-refractivity contribution in [2.24, 2.45) is 0 Å². The summed E-state index contributed by atoms with van der Waals surface area (Å²) in [7, 11) is 4.47. The van der Waals surface area contributed by atoms with E-state index in [1.165, 1.54) is 103 Å². The van der Waals surface area contributed by atoms with Gasteiger partial charge in [-0.05, 0) is 59.0 Å². The fourth-order valence-electron chi connectivity index (χ4n) is 3.72. The van der Waals surface area contributed by atoms with Crippen LogP contribution in [0, 0.1) is 0 Å². The summed E-state index contributed by atoms with van der Waals surface area (Å²) in [4.78, 5) is 2.42. The summed E-state index contributed by atoms with van der Waals surface area (Å²) >= 11 is 0. The Kier molecular flexibility index (Phi) is 21.3. The standard InChI is InChI=1S/C26H51N/c1-5-7-8-9-10-11-12-13-14-15-16-17-18-19-20-21-22-23-25-26(24-6-2)27(3)4/h11-12,14-15,26H,5-10,13,16-25H2,1-4H3. The van der Waals surface area contributed by atoms with Crippen molar-refractivity contribution in [3.8, 4) is 0 Å². The summed E-state index contributed by atoms with van der Waals surface area (Å²) in [5.41, 5.74) is 0. The molecule has 0 fully saturated rings. The van der Waals surface area contributed by atoms with Gasteiger partial charge in [-0.3, -0.25) is 0 Å². The maximum Gasteiger partial charge on any atom is 0.00890 e. The summed E-state index contributed by atoms with van der Waals surface area (Å²) in [5.74, 6) is 0. The van der Waals surface area contributed by atoms with E-state index < -0.39 is 0 Å². The van der Waals surface area contributed by atoms with Crippen molar-refractivity contribution in [2.75, 3.05) is 14.1 Å². The fourth-order valence-corrected chi connectivity index (χ4v) is 3.72. The van der Waals surface area contributed by atoms with Gasteiger partial charge in [0, 0.05) is 6.04 Å². The highest BCUT2D eigenvalue weighted by molar-refractivity contribution is 4.92. The van der Waals surface area contributed by atoms with Crippen LogP contribution < -0.4 is 0 Å². The van der Waals surface area contributed by atoms with E-state index >= 15 is 0 Å². The third-order valence-electron chi connectivity index (χ3n) is 5.59. The Bertz CT molecular complexity index is 329. The van der Waals surface area contributed by atoms with Crippen LogP contribution in [-0.2, 0) is 0 Å². The second-order valence-electron chi connectivity index (χ2n) is 8.49. The number of nitrogens with zero attached hydrogens (tertiary/aromatic N) is 1. The molecule has 160 valence electrons. The Hall–Kier alpha value is -0.560. The molecule has 0 aromatic rings. The smallest absolute Gasteiger partial charge is 0.00890 e. The molecule has 0 aliphatic carbocycles. The maximum absolute atomic E-state index is 2.42. The molecular weight excluding hydrogens is 326 g/mol.